The SMILES string of the molecule is Nc1nc(=O)n(CC2CC[C@@H](CO)O2)cc1F. The molecule has 94 valence electrons. The summed E-state index contributed by atoms with van der Waals surface area (Å²) >= 11 is 0. The molecule has 1 saturated heterocycles. The lowest BCUT2D eigenvalue weighted by Crippen LogP contribution is -2.30. The molecule has 0 spiro atoms. The smallest absolute Gasteiger partial charge is 0.349 e. The van der Waals surface area contributed by atoms with Crippen LogP contribution in [0.3, 0.4) is 0 Å². The van der Waals surface area contributed by atoms with Gasteiger partial charge in [-0.25, -0.2) is 9.18 Å². The van der Waals surface area contributed by atoms with Gasteiger partial charge in [0.2, 0.25) is 0 Å². The van der Waals surface area contributed by atoms with Gasteiger partial charge in [-0.3, -0.25) is 4.57 Å². The standard InChI is InChI=1S/C10H14FN3O3/c11-8-4-14(10(16)13-9(8)12)3-6-1-2-7(5-15)17-6/h4,6-7,15H,1-3,5H2,(H2,12,13,16)/t6?,7-/m0/s1. The number of halogens is 1. The number of aliphatic hydroxyl groups excluding tert-OH is 1. The first kappa shape index (κ1) is 12.0. The Balaban J connectivity index is 2.09. The van der Waals surface area contributed by atoms with Crippen LogP contribution in [0.2, 0.25) is 0 Å². The molecule has 1 aromatic heterocycles. The van der Waals surface area contributed by atoms with E-state index in [0.29, 0.717) is 0 Å². The summed E-state index contributed by atoms with van der Waals surface area (Å²) in [6.45, 7) is 0.180. The van der Waals surface area contributed by atoms with Crippen molar-refractivity contribution in [3.05, 3.63) is 22.5 Å². The molecule has 6 nitrogen and oxygen atoms in total. The van der Waals surface area contributed by atoms with Gasteiger partial charge in [0.25, 0.3) is 0 Å². The number of hydrogen-bond donors (Lipinski definition) is 2. The Hall–Kier alpha value is -1.47. The fourth-order valence-electron chi connectivity index (χ4n) is 1.88. The third kappa shape index (κ3) is 2.62. The molecule has 0 radical (unpaired) electrons. The van der Waals surface area contributed by atoms with E-state index in [1.165, 1.54) is 0 Å². The van der Waals surface area contributed by atoms with Crippen molar-refractivity contribution in [3.8, 4) is 0 Å². The van der Waals surface area contributed by atoms with Crippen molar-refractivity contribution in [1.82, 2.24) is 9.55 Å². The second-order valence-electron chi connectivity index (χ2n) is 4.05. The number of rotatable bonds is 3. The average molecular weight is 243 g/mol. The van der Waals surface area contributed by atoms with Crippen molar-refractivity contribution in [2.45, 2.75) is 31.6 Å². The molecule has 0 aliphatic carbocycles. The molecular formula is C10H14FN3O3. The summed E-state index contributed by atoms with van der Waals surface area (Å²) < 4.78 is 19.7. The molecule has 0 aromatic carbocycles. The van der Waals surface area contributed by atoms with Crippen LogP contribution in [0.25, 0.3) is 0 Å². The summed E-state index contributed by atoms with van der Waals surface area (Å²) in [5.74, 6) is -1.12. The predicted octanol–water partition coefficient (Wildman–Crippen LogP) is -0.496. The zero-order valence-corrected chi connectivity index (χ0v) is 9.17. The summed E-state index contributed by atoms with van der Waals surface area (Å²) in [5.41, 5.74) is 4.58. The van der Waals surface area contributed by atoms with Crippen LogP contribution in [0.15, 0.2) is 11.0 Å². The minimum Gasteiger partial charge on any atom is -0.394 e. The van der Waals surface area contributed by atoms with Gasteiger partial charge in [-0.15, -0.1) is 0 Å². The Morgan fingerprint density at radius 1 is 1.59 bits per heavy atom. The van der Waals surface area contributed by atoms with Crippen molar-refractivity contribution in [2.24, 2.45) is 0 Å². The molecule has 3 N–H and O–H groups in total. The van der Waals surface area contributed by atoms with Gasteiger partial charge in [-0.2, -0.15) is 4.98 Å². The molecule has 2 heterocycles. The molecule has 2 atom stereocenters. The van der Waals surface area contributed by atoms with Gasteiger partial charge in [0.05, 0.1) is 25.4 Å². The number of aromatic nitrogens is 2. The lowest BCUT2D eigenvalue weighted by Gasteiger charge is -2.13. The van der Waals surface area contributed by atoms with E-state index in [-0.39, 0.29) is 25.4 Å². The highest BCUT2D eigenvalue weighted by molar-refractivity contribution is 5.26. The maximum Gasteiger partial charge on any atom is 0.349 e. The summed E-state index contributed by atoms with van der Waals surface area (Å²) in [7, 11) is 0. The molecular weight excluding hydrogens is 229 g/mol. The summed E-state index contributed by atoms with van der Waals surface area (Å²) in [6.07, 6.45) is 2.10. The van der Waals surface area contributed by atoms with Gasteiger partial charge in [-0.05, 0) is 12.8 Å². The number of aliphatic hydroxyl groups is 1. The van der Waals surface area contributed by atoms with E-state index in [1.807, 2.05) is 0 Å². The van der Waals surface area contributed by atoms with Crippen molar-refractivity contribution >= 4 is 5.82 Å². The van der Waals surface area contributed by atoms with Gasteiger partial charge in [0.1, 0.15) is 0 Å². The van der Waals surface area contributed by atoms with E-state index in [2.05, 4.69) is 4.98 Å². The number of ether oxygens (including phenoxy) is 1. The number of nitrogen functional groups attached to an aromatic ring is 1. The maximum absolute atomic E-state index is 13.1. The van der Waals surface area contributed by atoms with E-state index in [4.69, 9.17) is 15.6 Å². The first-order chi connectivity index (χ1) is 8.10. The van der Waals surface area contributed by atoms with E-state index >= 15 is 0 Å². The van der Waals surface area contributed by atoms with Crippen LogP contribution >= 0.6 is 0 Å². The summed E-state index contributed by atoms with van der Waals surface area (Å²) in [5, 5.41) is 8.90. The maximum atomic E-state index is 13.1. The van der Waals surface area contributed by atoms with E-state index < -0.39 is 17.3 Å². The molecule has 17 heavy (non-hydrogen) atoms. The van der Waals surface area contributed by atoms with Crippen LogP contribution in [0.1, 0.15) is 12.8 Å². The first-order valence-corrected chi connectivity index (χ1v) is 5.39. The molecule has 0 bridgehead atoms. The van der Waals surface area contributed by atoms with Gasteiger partial charge in [-0.1, -0.05) is 0 Å². The topological polar surface area (TPSA) is 90.4 Å². The number of hydrogen-bond acceptors (Lipinski definition) is 5. The Kier molecular flexibility index (Phi) is 3.39. The average Bonchev–Trinajstić information content (AvgIpc) is 2.73. The zero-order chi connectivity index (χ0) is 12.4. The van der Waals surface area contributed by atoms with Crippen LogP contribution in [0, 0.1) is 5.82 Å². The highest BCUT2D eigenvalue weighted by Crippen LogP contribution is 2.20. The highest BCUT2D eigenvalue weighted by Gasteiger charge is 2.25. The van der Waals surface area contributed by atoms with Gasteiger partial charge < -0.3 is 15.6 Å². The first-order valence-electron chi connectivity index (χ1n) is 5.39. The van der Waals surface area contributed by atoms with Gasteiger partial charge in [0.15, 0.2) is 11.6 Å². The largest absolute Gasteiger partial charge is 0.394 e. The Morgan fingerprint density at radius 3 is 2.94 bits per heavy atom. The summed E-state index contributed by atoms with van der Waals surface area (Å²) in [6, 6.07) is 0. The monoisotopic (exact) mass is 243 g/mol. The van der Waals surface area contributed by atoms with Crippen molar-refractivity contribution in [1.29, 1.82) is 0 Å². The van der Waals surface area contributed by atoms with E-state index in [0.717, 1.165) is 23.6 Å². The molecule has 0 amide bonds. The van der Waals surface area contributed by atoms with Crippen molar-refractivity contribution < 1.29 is 14.2 Å². The third-order valence-corrected chi connectivity index (χ3v) is 2.78. The fourth-order valence-corrected chi connectivity index (χ4v) is 1.88. The Bertz CT molecular complexity index is 463. The van der Waals surface area contributed by atoms with Crippen LogP contribution in [-0.2, 0) is 11.3 Å². The quantitative estimate of drug-likeness (QED) is 0.747. The van der Waals surface area contributed by atoms with Gasteiger partial charge in [0, 0.05) is 6.20 Å². The Morgan fingerprint density at radius 2 is 2.29 bits per heavy atom. The van der Waals surface area contributed by atoms with Crippen molar-refractivity contribution in [2.75, 3.05) is 12.3 Å². The molecule has 2 rings (SSSR count). The minimum atomic E-state index is -0.721. The van der Waals surface area contributed by atoms with E-state index in [1.54, 1.807) is 0 Å². The molecule has 1 aliphatic heterocycles. The fraction of sp³-hybridized carbons (Fsp3) is 0.600. The van der Waals surface area contributed by atoms with Crippen LogP contribution in [-0.4, -0.2) is 33.5 Å². The molecule has 7 heteroatoms. The minimum absolute atomic E-state index is 0.0419. The molecule has 1 unspecified atom stereocenters. The molecule has 1 aliphatic rings. The highest BCUT2D eigenvalue weighted by atomic mass is 19.1. The lowest BCUT2D eigenvalue weighted by atomic mass is 10.2. The number of nitrogens with two attached hydrogens (primary N) is 1. The lowest BCUT2D eigenvalue weighted by molar-refractivity contribution is 0.00437. The van der Waals surface area contributed by atoms with Crippen LogP contribution < -0.4 is 11.4 Å². The predicted molar refractivity (Wildman–Crippen MR) is 57.8 cm³/mol. The summed E-state index contributed by atoms with van der Waals surface area (Å²) in [4.78, 5) is 14.8. The van der Waals surface area contributed by atoms with Gasteiger partial charge >= 0.3 is 5.69 Å². The molecule has 1 fully saturated rings. The normalized spacial score (nSPS) is 24.1. The zero-order valence-electron chi connectivity index (χ0n) is 9.17. The number of nitrogens with zero attached hydrogens (tertiary/aromatic N) is 2. The van der Waals surface area contributed by atoms with Crippen molar-refractivity contribution in [3.63, 3.8) is 0 Å². The molecule has 0 saturated carbocycles. The number of anilines is 1. The van der Waals surface area contributed by atoms with Crippen LogP contribution in [0.5, 0.6) is 0 Å². The molecule has 1 aromatic rings. The second kappa shape index (κ2) is 4.80. The Labute approximate surface area is 96.8 Å². The third-order valence-electron chi connectivity index (χ3n) is 2.78. The van der Waals surface area contributed by atoms with Crippen LogP contribution in [0.4, 0.5) is 10.2 Å². The van der Waals surface area contributed by atoms with E-state index in [9.17, 15) is 9.18 Å². The second-order valence-corrected chi connectivity index (χ2v) is 4.05.